The standard InChI is InChI=1S/C14H15N3O3/c18-14(19)12-13(15-9-4-3-7-20-8-9)17-11-6-2-1-5-10(11)16-12/h1-2,5-6,9H,3-4,7-8H2,(H,15,17)(H,18,19)/t9-/m1/s1. The number of ether oxygens (including phenoxy) is 1. The van der Waals surface area contributed by atoms with Crippen LogP contribution in [0.4, 0.5) is 5.82 Å². The second kappa shape index (κ2) is 5.42. The van der Waals surface area contributed by atoms with E-state index in [2.05, 4.69) is 15.3 Å². The quantitative estimate of drug-likeness (QED) is 0.888. The highest BCUT2D eigenvalue weighted by molar-refractivity contribution is 5.93. The number of benzene rings is 1. The van der Waals surface area contributed by atoms with E-state index in [0.29, 0.717) is 23.5 Å². The number of hydrogen-bond donors (Lipinski definition) is 2. The Hall–Kier alpha value is -2.21. The number of para-hydroxylation sites is 2. The van der Waals surface area contributed by atoms with Gasteiger partial charge in [-0.15, -0.1) is 0 Å². The van der Waals surface area contributed by atoms with Gasteiger partial charge in [-0.25, -0.2) is 14.8 Å². The molecule has 1 aliphatic heterocycles. The number of carboxylic acid groups (broad SMARTS) is 1. The van der Waals surface area contributed by atoms with Gasteiger partial charge in [-0.1, -0.05) is 12.1 Å². The molecule has 2 aromatic rings. The van der Waals surface area contributed by atoms with Crippen molar-refractivity contribution in [2.24, 2.45) is 0 Å². The lowest BCUT2D eigenvalue weighted by molar-refractivity contribution is 0.0690. The van der Waals surface area contributed by atoms with Crippen LogP contribution >= 0.6 is 0 Å². The van der Waals surface area contributed by atoms with Crippen molar-refractivity contribution in [3.8, 4) is 0 Å². The van der Waals surface area contributed by atoms with Gasteiger partial charge in [0.1, 0.15) is 0 Å². The van der Waals surface area contributed by atoms with Crippen molar-refractivity contribution < 1.29 is 14.6 Å². The number of aromatic nitrogens is 2. The minimum absolute atomic E-state index is 0.0470. The molecule has 2 N–H and O–H groups in total. The second-order valence-corrected chi connectivity index (χ2v) is 4.77. The highest BCUT2D eigenvalue weighted by atomic mass is 16.5. The van der Waals surface area contributed by atoms with Gasteiger partial charge >= 0.3 is 5.97 Å². The lowest BCUT2D eigenvalue weighted by Crippen LogP contribution is -2.31. The first-order chi connectivity index (χ1) is 9.74. The fourth-order valence-corrected chi connectivity index (χ4v) is 2.30. The van der Waals surface area contributed by atoms with E-state index < -0.39 is 5.97 Å². The summed E-state index contributed by atoms with van der Waals surface area (Å²) in [7, 11) is 0. The highest BCUT2D eigenvalue weighted by Crippen LogP contribution is 2.19. The molecule has 1 aromatic heterocycles. The first-order valence-electron chi connectivity index (χ1n) is 6.58. The average molecular weight is 273 g/mol. The zero-order valence-electron chi connectivity index (χ0n) is 10.9. The van der Waals surface area contributed by atoms with Crippen LogP contribution in [0.3, 0.4) is 0 Å². The molecule has 0 amide bonds. The van der Waals surface area contributed by atoms with Gasteiger partial charge in [0.15, 0.2) is 11.5 Å². The summed E-state index contributed by atoms with van der Waals surface area (Å²) < 4.78 is 5.38. The molecule has 1 atom stereocenters. The monoisotopic (exact) mass is 273 g/mol. The third-order valence-electron chi connectivity index (χ3n) is 3.27. The molecular formula is C14H15N3O3. The molecule has 1 fully saturated rings. The Labute approximate surface area is 115 Å². The van der Waals surface area contributed by atoms with Crippen LogP contribution in [0.25, 0.3) is 11.0 Å². The van der Waals surface area contributed by atoms with E-state index in [1.807, 2.05) is 18.2 Å². The van der Waals surface area contributed by atoms with Crippen molar-refractivity contribution in [1.82, 2.24) is 9.97 Å². The smallest absolute Gasteiger partial charge is 0.358 e. The summed E-state index contributed by atoms with van der Waals surface area (Å²) in [6.07, 6.45) is 1.90. The zero-order chi connectivity index (χ0) is 13.9. The van der Waals surface area contributed by atoms with E-state index in [-0.39, 0.29) is 11.7 Å². The summed E-state index contributed by atoms with van der Waals surface area (Å²) in [5.74, 6) is -0.769. The fraction of sp³-hybridized carbons (Fsp3) is 0.357. The molecule has 6 heteroatoms. The van der Waals surface area contributed by atoms with E-state index >= 15 is 0 Å². The van der Waals surface area contributed by atoms with E-state index in [0.717, 1.165) is 19.4 Å². The van der Waals surface area contributed by atoms with Gasteiger partial charge in [-0.05, 0) is 25.0 Å². The van der Waals surface area contributed by atoms with Gasteiger partial charge in [0.2, 0.25) is 0 Å². The SMILES string of the molecule is O=C(O)c1nc2ccccc2nc1N[C@@H]1CCCOC1. The first kappa shape index (κ1) is 12.8. The first-order valence-corrected chi connectivity index (χ1v) is 6.58. The lowest BCUT2D eigenvalue weighted by atomic mass is 10.1. The molecule has 20 heavy (non-hydrogen) atoms. The third-order valence-corrected chi connectivity index (χ3v) is 3.27. The Kier molecular flexibility index (Phi) is 3.47. The zero-order valence-corrected chi connectivity index (χ0v) is 10.9. The number of fused-ring (bicyclic) bond motifs is 1. The Bertz CT molecular complexity index is 639. The van der Waals surface area contributed by atoms with Gasteiger partial charge in [0.05, 0.1) is 23.7 Å². The maximum absolute atomic E-state index is 11.3. The molecule has 2 heterocycles. The summed E-state index contributed by atoms with van der Waals surface area (Å²) in [5, 5.41) is 12.4. The van der Waals surface area contributed by atoms with Gasteiger partial charge in [0.25, 0.3) is 0 Å². The van der Waals surface area contributed by atoms with Crippen LogP contribution in [0, 0.1) is 0 Å². The number of carbonyl (C=O) groups is 1. The summed E-state index contributed by atoms with van der Waals surface area (Å²) in [6.45, 7) is 1.32. The minimum atomic E-state index is -1.08. The minimum Gasteiger partial charge on any atom is -0.476 e. The van der Waals surface area contributed by atoms with Gasteiger partial charge in [-0.2, -0.15) is 0 Å². The van der Waals surface area contributed by atoms with Crippen molar-refractivity contribution in [2.45, 2.75) is 18.9 Å². The molecule has 1 aliphatic rings. The highest BCUT2D eigenvalue weighted by Gasteiger charge is 2.20. The molecule has 0 saturated carbocycles. The molecule has 0 bridgehead atoms. The molecule has 0 aliphatic carbocycles. The van der Waals surface area contributed by atoms with Crippen LogP contribution < -0.4 is 5.32 Å². The number of hydrogen-bond acceptors (Lipinski definition) is 5. The van der Waals surface area contributed by atoms with Gasteiger partial charge in [-0.3, -0.25) is 0 Å². The van der Waals surface area contributed by atoms with E-state index in [1.54, 1.807) is 6.07 Å². The molecule has 1 saturated heterocycles. The Balaban J connectivity index is 1.98. The normalized spacial score (nSPS) is 18.9. The predicted molar refractivity (Wildman–Crippen MR) is 74.0 cm³/mol. The molecule has 0 unspecified atom stereocenters. The Morgan fingerprint density at radius 2 is 2.05 bits per heavy atom. The van der Waals surface area contributed by atoms with E-state index in [1.165, 1.54) is 0 Å². The summed E-state index contributed by atoms with van der Waals surface area (Å²) in [5.41, 5.74) is 1.21. The molecule has 0 radical (unpaired) electrons. The van der Waals surface area contributed by atoms with Crippen molar-refractivity contribution in [2.75, 3.05) is 18.5 Å². The number of nitrogens with one attached hydrogen (secondary N) is 1. The number of carboxylic acids is 1. The van der Waals surface area contributed by atoms with Crippen LogP contribution in [0.15, 0.2) is 24.3 Å². The largest absolute Gasteiger partial charge is 0.476 e. The second-order valence-electron chi connectivity index (χ2n) is 4.77. The summed E-state index contributed by atoms with van der Waals surface area (Å²) in [4.78, 5) is 19.9. The molecule has 104 valence electrons. The summed E-state index contributed by atoms with van der Waals surface area (Å²) in [6, 6.07) is 7.31. The summed E-state index contributed by atoms with van der Waals surface area (Å²) >= 11 is 0. The third kappa shape index (κ3) is 2.55. The van der Waals surface area contributed by atoms with Crippen LogP contribution in [-0.2, 0) is 4.74 Å². The molecular weight excluding hydrogens is 258 g/mol. The Morgan fingerprint density at radius 1 is 1.30 bits per heavy atom. The van der Waals surface area contributed by atoms with Crippen LogP contribution in [0.5, 0.6) is 0 Å². The number of anilines is 1. The van der Waals surface area contributed by atoms with Crippen LogP contribution in [0.1, 0.15) is 23.3 Å². The van der Waals surface area contributed by atoms with Crippen molar-refractivity contribution in [3.05, 3.63) is 30.0 Å². The molecule has 0 spiro atoms. The van der Waals surface area contributed by atoms with Gasteiger partial charge < -0.3 is 15.2 Å². The number of rotatable bonds is 3. The molecule has 6 nitrogen and oxygen atoms in total. The van der Waals surface area contributed by atoms with Crippen molar-refractivity contribution >= 4 is 22.8 Å². The number of aromatic carboxylic acids is 1. The van der Waals surface area contributed by atoms with Crippen molar-refractivity contribution in [1.29, 1.82) is 0 Å². The topological polar surface area (TPSA) is 84.3 Å². The molecule has 3 rings (SSSR count). The van der Waals surface area contributed by atoms with Crippen molar-refractivity contribution in [3.63, 3.8) is 0 Å². The van der Waals surface area contributed by atoms with Crippen LogP contribution in [-0.4, -0.2) is 40.3 Å². The number of nitrogens with zero attached hydrogens (tertiary/aromatic N) is 2. The van der Waals surface area contributed by atoms with Gasteiger partial charge in [0, 0.05) is 6.61 Å². The van der Waals surface area contributed by atoms with E-state index in [9.17, 15) is 9.90 Å². The fourth-order valence-electron chi connectivity index (χ4n) is 2.30. The maximum Gasteiger partial charge on any atom is 0.358 e. The predicted octanol–water partition coefficient (Wildman–Crippen LogP) is 1.92. The van der Waals surface area contributed by atoms with E-state index in [4.69, 9.17) is 4.74 Å². The lowest BCUT2D eigenvalue weighted by Gasteiger charge is -2.24. The Morgan fingerprint density at radius 3 is 2.70 bits per heavy atom. The molecule has 1 aromatic carbocycles. The average Bonchev–Trinajstić information content (AvgIpc) is 2.47. The van der Waals surface area contributed by atoms with Crippen LogP contribution in [0.2, 0.25) is 0 Å². The maximum atomic E-state index is 11.3.